The smallest absolute Gasteiger partial charge is 0.303 e. The lowest BCUT2D eigenvalue weighted by molar-refractivity contribution is -0.137. The third-order valence-corrected chi connectivity index (χ3v) is 6.91. The highest BCUT2D eigenvalue weighted by atomic mass is 16.4. The number of unbranched alkanes of at least 4 members (excludes halogenated alkanes) is 4. The summed E-state index contributed by atoms with van der Waals surface area (Å²) in [5.74, 6) is 5.94. The molecule has 0 aromatic heterocycles. The second kappa shape index (κ2) is 8.03. The van der Waals surface area contributed by atoms with Crippen molar-refractivity contribution in [3.05, 3.63) is 0 Å². The summed E-state index contributed by atoms with van der Waals surface area (Å²) in [5, 5.41) is 8.60. The van der Waals surface area contributed by atoms with Gasteiger partial charge in [-0.25, -0.2) is 0 Å². The highest BCUT2D eigenvalue weighted by molar-refractivity contribution is 5.66. The largest absolute Gasteiger partial charge is 0.481 e. The molecule has 0 saturated heterocycles. The Balaban J connectivity index is 1.13. The molecule has 0 amide bonds. The first-order chi connectivity index (χ1) is 11.2. The van der Waals surface area contributed by atoms with Gasteiger partial charge in [0.1, 0.15) is 0 Å². The quantitative estimate of drug-likeness (QED) is 0.429. The van der Waals surface area contributed by atoms with Gasteiger partial charge in [0.15, 0.2) is 0 Å². The number of hydrogen-bond donors (Lipinski definition) is 1. The van der Waals surface area contributed by atoms with E-state index in [1.165, 1.54) is 44.9 Å². The van der Waals surface area contributed by atoms with Crippen LogP contribution in [0.4, 0.5) is 0 Å². The van der Waals surface area contributed by atoms with Crippen LogP contribution in [-0.2, 0) is 4.79 Å². The van der Waals surface area contributed by atoms with Crippen LogP contribution < -0.4 is 0 Å². The molecule has 3 aliphatic carbocycles. The molecule has 2 heteroatoms. The van der Waals surface area contributed by atoms with Crippen LogP contribution in [0.1, 0.15) is 90.4 Å². The SMILES string of the molecule is CC[C@@H]1CC1CC1C[C@@H]1CC1CC1CCCCCCCC(=O)O. The van der Waals surface area contributed by atoms with E-state index in [0.29, 0.717) is 6.42 Å². The molecule has 0 heterocycles. The second-order valence-electron chi connectivity index (χ2n) is 8.85. The fraction of sp³-hybridized carbons (Fsp3) is 0.952. The molecule has 0 aliphatic heterocycles. The van der Waals surface area contributed by atoms with Crippen molar-refractivity contribution in [2.75, 3.05) is 0 Å². The molecular weight excluding hydrogens is 284 g/mol. The van der Waals surface area contributed by atoms with Crippen LogP contribution in [0, 0.1) is 35.5 Å². The maximum Gasteiger partial charge on any atom is 0.303 e. The Labute approximate surface area is 142 Å². The van der Waals surface area contributed by atoms with Gasteiger partial charge in [0, 0.05) is 6.42 Å². The third-order valence-electron chi connectivity index (χ3n) is 6.91. The minimum absolute atomic E-state index is 0.354. The van der Waals surface area contributed by atoms with Gasteiger partial charge in [0.2, 0.25) is 0 Å². The normalized spacial score (nSPS) is 37.6. The molecule has 2 nitrogen and oxygen atoms in total. The first kappa shape index (κ1) is 17.3. The Morgan fingerprint density at radius 2 is 1.30 bits per heavy atom. The van der Waals surface area contributed by atoms with E-state index in [2.05, 4.69) is 6.92 Å². The third kappa shape index (κ3) is 5.80. The summed E-state index contributed by atoms with van der Waals surface area (Å²) in [6.45, 7) is 2.36. The average molecular weight is 321 g/mol. The molecule has 4 unspecified atom stereocenters. The van der Waals surface area contributed by atoms with Gasteiger partial charge in [-0.05, 0) is 74.0 Å². The van der Waals surface area contributed by atoms with Gasteiger partial charge in [-0.3, -0.25) is 4.79 Å². The Morgan fingerprint density at radius 3 is 1.96 bits per heavy atom. The fourth-order valence-corrected chi connectivity index (χ4v) is 4.93. The lowest BCUT2D eigenvalue weighted by Gasteiger charge is -2.02. The number of hydrogen-bond acceptors (Lipinski definition) is 1. The maximum absolute atomic E-state index is 10.4. The molecule has 3 fully saturated rings. The summed E-state index contributed by atoms with van der Waals surface area (Å²) in [5.41, 5.74) is 0. The summed E-state index contributed by atoms with van der Waals surface area (Å²) in [4.78, 5) is 10.4. The Hall–Kier alpha value is -0.530. The Morgan fingerprint density at radius 1 is 0.783 bits per heavy atom. The monoisotopic (exact) mass is 320 g/mol. The molecule has 0 radical (unpaired) electrons. The average Bonchev–Trinajstić information content (AvgIpc) is 3.40. The first-order valence-corrected chi connectivity index (χ1v) is 10.4. The molecule has 3 aliphatic rings. The molecule has 0 spiro atoms. The number of carboxylic acids is 1. The van der Waals surface area contributed by atoms with Gasteiger partial charge in [-0.15, -0.1) is 0 Å². The van der Waals surface area contributed by atoms with E-state index in [1.54, 1.807) is 19.3 Å². The van der Waals surface area contributed by atoms with Gasteiger partial charge < -0.3 is 5.11 Å². The summed E-state index contributed by atoms with van der Waals surface area (Å²) in [6, 6.07) is 0. The number of aliphatic carboxylic acids is 1. The molecule has 132 valence electrons. The van der Waals surface area contributed by atoms with Crippen molar-refractivity contribution in [2.45, 2.75) is 90.4 Å². The van der Waals surface area contributed by atoms with Crippen molar-refractivity contribution in [2.24, 2.45) is 35.5 Å². The Kier molecular flexibility index (Phi) is 6.04. The van der Waals surface area contributed by atoms with Crippen molar-refractivity contribution in [1.29, 1.82) is 0 Å². The van der Waals surface area contributed by atoms with E-state index in [0.717, 1.165) is 48.3 Å². The van der Waals surface area contributed by atoms with Crippen molar-refractivity contribution in [1.82, 2.24) is 0 Å². The van der Waals surface area contributed by atoms with Crippen LogP contribution in [0.5, 0.6) is 0 Å². The fourth-order valence-electron chi connectivity index (χ4n) is 4.93. The highest BCUT2D eigenvalue weighted by Crippen LogP contribution is 2.58. The van der Waals surface area contributed by atoms with Gasteiger partial charge in [0.05, 0.1) is 0 Å². The van der Waals surface area contributed by atoms with E-state index in [4.69, 9.17) is 5.11 Å². The first-order valence-electron chi connectivity index (χ1n) is 10.4. The lowest BCUT2D eigenvalue weighted by Crippen LogP contribution is -1.93. The summed E-state index contributed by atoms with van der Waals surface area (Å²) in [7, 11) is 0. The van der Waals surface area contributed by atoms with Gasteiger partial charge in [-0.1, -0.05) is 45.4 Å². The predicted molar refractivity (Wildman–Crippen MR) is 94.3 cm³/mol. The molecule has 0 bridgehead atoms. The molecular formula is C21H36O2. The number of carbonyl (C=O) groups is 1. The van der Waals surface area contributed by atoms with E-state index in [-0.39, 0.29) is 0 Å². The van der Waals surface area contributed by atoms with Crippen molar-refractivity contribution in [3.63, 3.8) is 0 Å². The van der Waals surface area contributed by atoms with E-state index in [9.17, 15) is 4.79 Å². The predicted octanol–water partition coefficient (Wildman–Crippen LogP) is 5.90. The van der Waals surface area contributed by atoms with Crippen LogP contribution in [-0.4, -0.2) is 11.1 Å². The maximum atomic E-state index is 10.4. The second-order valence-corrected chi connectivity index (χ2v) is 8.85. The van der Waals surface area contributed by atoms with E-state index >= 15 is 0 Å². The zero-order valence-corrected chi connectivity index (χ0v) is 15.0. The highest BCUT2D eigenvalue weighted by Gasteiger charge is 2.48. The molecule has 0 aromatic carbocycles. The number of carboxylic acid groups (broad SMARTS) is 1. The molecule has 3 rings (SSSR count). The molecule has 6 atom stereocenters. The summed E-state index contributed by atoms with van der Waals surface area (Å²) >= 11 is 0. The summed E-state index contributed by atoms with van der Waals surface area (Å²) < 4.78 is 0. The molecule has 0 aromatic rings. The minimum Gasteiger partial charge on any atom is -0.481 e. The van der Waals surface area contributed by atoms with Gasteiger partial charge in [-0.2, -0.15) is 0 Å². The van der Waals surface area contributed by atoms with Crippen LogP contribution in [0.15, 0.2) is 0 Å². The zero-order chi connectivity index (χ0) is 16.2. The summed E-state index contributed by atoms with van der Waals surface area (Å²) in [6.07, 6.45) is 16.8. The van der Waals surface area contributed by atoms with Crippen LogP contribution in [0.3, 0.4) is 0 Å². The molecule has 1 N–H and O–H groups in total. The standard InChI is InChI=1S/C21H36O2/c1-2-15-10-17(15)12-19-14-20(19)13-18-11-16(18)8-6-4-3-5-7-9-21(22)23/h15-20H,2-14H2,1H3,(H,22,23)/t15-,16?,17?,18?,19?,20+/m1/s1. The van der Waals surface area contributed by atoms with Gasteiger partial charge in [0.25, 0.3) is 0 Å². The minimum atomic E-state index is -0.642. The van der Waals surface area contributed by atoms with Crippen LogP contribution in [0.25, 0.3) is 0 Å². The van der Waals surface area contributed by atoms with Crippen LogP contribution >= 0.6 is 0 Å². The molecule has 23 heavy (non-hydrogen) atoms. The zero-order valence-electron chi connectivity index (χ0n) is 15.0. The van der Waals surface area contributed by atoms with Crippen molar-refractivity contribution in [3.8, 4) is 0 Å². The van der Waals surface area contributed by atoms with E-state index in [1.807, 2.05) is 0 Å². The lowest BCUT2D eigenvalue weighted by atomic mass is 10.0. The van der Waals surface area contributed by atoms with Crippen molar-refractivity contribution < 1.29 is 9.90 Å². The topological polar surface area (TPSA) is 37.3 Å². The Bertz CT molecular complexity index is 391. The molecule has 3 saturated carbocycles. The van der Waals surface area contributed by atoms with Gasteiger partial charge >= 0.3 is 5.97 Å². The van der Waals surface area contributed by atoms with Crippen molar-refractivity contribution >= 4 is 5.97 Å². The number of rotatable bonds is 13. The van der Waals surface area contributed by atoms with Crippen LogP contribution in [0.2, 0.25) is 0 Å². The van der Waals surface area contributed by atoms with E-state index < -0.39 is 5.97 Å².